The highest BCUT2D eigenvalue weighted by Gasteiger charge is 2.55. The van der Waals surface area contributed by atoms with Crippen molar-refractivity contribution in [2.45, 2.75) is 53.4 Å². The Morgan fingerprint density at radius 1 is 0.937 bits per heavy atom. The van der Waals surface area contributed by atoms with E-state index in [9.17, 15) is 24.3 Å². The maximum Gasteiger partial charge on any atom is 0.407 e. The number of nitrogens with zero attached hydrogens (tertiary/aromatic N) is 4. The lowest BCUT2D eigenvalue weighted by Crippen LogP contribution is -2.71. The lowest BCUT2D eigenvalue weighted by molar-refractivity contribution is -0.150. The van der Waals surface area contributed by atoms with E-state index in [-0.39, 0.29) is 32.3 Å². The molecular weight excluding hydrogens is 924 g/mol. The number of oxime groups is 1. The molecule has 15 nitrogen and oxygen atoms in total. The number of aliphatic carboxylic acids is 1. The van der Waals surface area contributed by atoms with Gasteiger partial charge in [-0.2, -0.15) is 11.8 Å². The topological polar surface area (TPSA) is 224 Å². The van der Waals surface area contributed by atoms with Crippen molar-refractivity contribution < 1.29 is 33.9 Å². The molecule has 328 valence electrons. The second-order valence-corrected chi connectivity index (χ2v) is 21.0. The molecule has 2 atom stereocenters. The first-order valence-electron chi connectivity index (χ1n) is 19.2. The molecule has 2 aliphatic rings. The van der Waals surface area contributed by atoms with Gasteiger partial charge in [-0.05, 0) is 20.8 Å². The lowest BCUT2D eigenvalue weighted by Gasteiger charge is -2.49. The molecule has 63 heavy (non-hydrogen) atoms. The van der Waals surface area contributed by atoms with E-state index in [1.807, 2.05) is 91.0 Å². The molecular formula is C42H41ClN8O7S5. The lowest BCUT2D eigenvalue weighted by atomic mass is 9.80. The number of benzene rings is 3. The van der Waals surface area contributed by atoms with Crippen molar-refractivity contribution >= 4 is 109 Å². The molecule has 21 heteroatoms. The van der Waals surface area contributed by atoms with E-state index < -0.39 is 46.5 Å². The predicted octanol–water partition coefficient (Wildman–Crippen LogP) is 7.38. The van der Waals surface area contributed by atoms with E-state index in [4.69, 9.17) is 32.6 Å². The highest BCUT2D eigenvalue weighted by Crippen LogP contribution is 2.48. The molecule has 0 saturated carbocycles. The Kier molecular flexibility index (Phi) is 14.3. The normalized spacial score (nSPS) is 16.5. The molecule has 0 radical (unpaired) electrons. The van der Waals surface area contributed by atoms with Crippen molar-refractivity contribution in [2.75, 3.05) is 29.5 Å². The first kappa shape index (κ1) is 45.8. The van der Waals surface area contributed by atoms with Crippen LogP contribution in [-0.4, -0.2) is 84.6 Å². The van der Waals surface area contributed by atoms with Gasteiger partial charge in [0.1, 0.15) is 32.7 Å². The molecule has 0 bridgehead atoms. The van der Waals surface area contributed by atoms with Gasteiger partial charge in [0.05, 0.1) is 9.90 Å². The third-order valence-electron chi connectivity index (χ3n) is 9.33. The zero-order valence-corrected chi connectivity index (χ0v) is 38.7. The van der Waals surface area contributed by atoms with Crippen LogP contribution in [0.5, 0.6) is 0 Å². The number of carbonyl (C=O) groups is 4. The number of hydrogen-bond donors (Lipinski definition) is 5. The van der Waals surface area contributed by atoms with Gasteiger partial charge < -0.3 is 36.8 Å². The summed E-state index contributed by atoms with van der Waals surface area (Å²) in [6, 6.07) is 27.1. The van der Waals surface area contributed by atoms with Crippen LogP contribution in [0, 0.1) is 0 Å². The Labute approximate surface area is 388 Å². The average molecular weight is 966 g/mol. The van der Waals surface area contributed by atoms with Gasteiger partial charge in [0.15, 0.2) is 16.0 Å². The van der Waals surface area contributed by atoms with Gasteiger partial charge in [-0.25, -0.2) is 19.6 Å². The number of nitrogens with one attached hydrogen (secondary N) is 2. The molecule has 4 heterocycles. The maximum atomic E-state index is 14.4. The number of nitrogen functional groups attached to an aromatic ring is 2. The fourth-order valence-corrected chi connectivity index (χ4v) is 12.3. The molecule has 0 aliphatic carbocycles. The Hall–Kier alpha value is -5.25. The van der Waals surface area contributed by atoms with Crippen molar-refractivity contribution in [3.05, 3.63) is 134 Å². The predicted molar refractivity (Wildman–Crippen MR) is 251 cm³/mol. The smallest absolute Gasteiger partial charge is 0.407 e. The van der Waals surface area contributed by atoms with E-state index in [1.165, 1.54) is 51.5 Å². The standard InChI is InChI=1S/C42H41ClN8O7S5/c1-41(2,3)57-40(56)46-19-20-59-21-26-37(63-38(44)47-26)61-27-22-60-35-30(34(53)51(35)31(27)36(54)55)48-33(52)29(28-32(43)62-39(45)49-28)50-58-42(23-13-7-4-8-14-23,24-15-9-5-10-16-24)25-17-11-6-12-18-25/h4-18,30,35H,19-22H2,1-3H3,(H2,44,47)(H2,45,49)(H,46,56)(H,48,52)(H,54,55)/t30-,35+/m1/s1. The fraction of sp³-hybridized carbons (Fsp3) is 0.262. The highest BCUT2D eigenvalue weighted by molar-refractivity contribution is 8.07. The number of halogens is 1. The third kappa shape index (κ3) is 10.3. The van der Waals surface area contributed by atoms with E-state index in [2.05, 4.69) is 25.8 Å². The molecule has 2 aliphatic heterocycles. The summed E-state index contributed by atoms with van der Waals surface area (Å²) in [6.07, 6.45) is -0.509. The third-order valence-corrected chi connectivity index (χ3v) is 15.1. The number of carboxylic acids is 1. The van der Waals surface area contributed by atoms with Crippen LogP contribution in [-0.2, 0) is 35.3 Å². The number of alkyl carbamates (subject to hydrolysis) is 1. The largest absolute Gasteiger partial charge is 0.477 e. The minimum Gasteiger partial charge on any atom is -0.477 e. The molecule has 1 saturated heterocycles. The van der Waals surface area contributed by atoms with Crippen molar-refractivity contribution in [1.29, 1.82) is 0 Å². The van der Waals surface area contributed by atoms with Crippen molar-refractivity contribution in [3.63, 3.8) is 0 Å². The number of β-lactam (4-membered cyclic amide) rings is 1. The van der Waals surface area contributed by atoms with Crippen LogP contribution in [0.3, 0.4) is 0 Å². The van der Waals surface area contributed by atoms with E-state index in [0.29, 0.717) is 54.7 Å². The van der Waals surface area contributed by atoms with Crippen molar-refractivity contribution in [2.24, 2.45) is 5.16 Å². The van der Waals surface area contributed by atoms with Crippen LogP contribution in [0.1, 0.15) is 48.8 Å². The number of ether oxygens (including phenoxy) is 1. The fourth-order valence-electron chi connectivity index (χ4n) is 6.67. The Balaban J connectivity index is 1.12. The SMILES string of the molecule is CC(C)(C)OC(=O)NCCSCc1nc(N)sc1SC1=C(C(=O)O)N2C(=O)[C@@H](NC(=O)C(=NOC(c3ccccc3)(c3ccccc3)c3ccccc3)c3nc(N)sc3Cl)[C@@H]2SC1. The summed E-state index contributed by atoms with van der Waals surface area (Å²) in [6.45, 7) is 5.72. The second-order valence-electron chi connectivity index (χ2n) is 14.8. The first-order valence-corrected chi connectivity index (χ1v) is 24.2. The number of thiazole rings is 2. The van der Waals surface area contributed by atoms with Gasteiger partial charge in [-0.3, -0.25) is 14.5 Å². The van der Waals surface area contributed by atoms with Crippen LogP contribution < -0.4 is 22.1 Å². The molecule has 7 N–H and O–H groups in total. The summed E-state index contributed by atoms with van der Waals surface area (Å²) >= 11 is 12.8. The van der Waals surface area contributed by atoms with E-state index >= 15 is 0 Å². The molecule has 0 unspecified atom stereocenters. The minimum absolute atomic E-state index is 0.0541. The molecule has 3 amide bonds. The molecule has 7 rings (SSSR count). The number of amides is 3. The van der Waals surface area contributed by atoms with Crippen molar-refractivity contribution in [1.82, 2.24) is 25.5 Å². The van der Waals surface area contributed by atoms with Gasteiger partial charge in [-0.1, -0.05) is 142 Å². The molecule has 3 aromatic carbocycles. The Bertz CT molecular complexity index is 2460. The van der Waals surface area contributed by atoms with E-state index in [0.717, 1.165) is 11.3 Å². The average Bonchev–Trinajstić information content (AvgIpc) is 3.79. The summed E-state index contributed by atoms with van der Waals surface area (Å²) in [5.41, 5.74) is 12.3. The quantitative estimate of drug-likeness (QED) is 0.0214. The molecule has 1 fully saturated rings. The van der Waals surface area contributed by atoms with Gasteiger partial charge in [0, 0.05) is 45.4 Å². The number of rotatable bonds is 16. The number of hydrogen-bond acceptors (Lipinski definition) is 16. The van der Waals surface area contributed by atoms with Crippen LogP contribution in [0.25, 0.3) is 0 Å². The number of aromatic nitrogens is 2. The number of thioether (sulfide) groups is 3. The van der Waals surface area contributed by atoms with Gasteiger partial charge in [0.25, 0.3) is 11.8 Å². The van der Waals surface area contributed by atoms with E-state index in [1.54, 1.807) is 20.8 Å². The highest BCUT2D eigenvalue weighted by atomic mass is 35.5. The Morgan fingerprint density at radius 2 is 1.52 bits per heavy atom. The minimum atomic E-state index is -1.37. The first-order chi connectivity index (χ1) is 30.2. The number of carboxylic acid groups (broad SMARTS) is 1. The Morgan fingerprint density at radius 3 is 2.06 bits per heavy atom. The zero-order chi connectivity index (χ0) is 44.9. The van der Waals surface area contributed by atoms with Crippen LogP contribution in [0.2, 0.25) is 4.34 Å². The van der Waals surface area contributed by atoms with Crippen LogP contribution in [0.4, 0.5) is 15.1 Å². The summed E-state index contributed by atoms with van der Waals surface area (Å²) in [4.78, 5) is 70.2. The van der Waals surface area contributed by atoms with Crippen molar-refractivity contribution in [3.8, 4) is 0 Å². The zero-order valence-electron chi connectivity index (χ0n) is 33.9. The summed E-state index contributed by atoms with van der Waals surface area (Å²) in [5.74, 6) is -1.56. The summed E-state index contributed by atoms with van der Waals surface area (Å²) < 4.78 is 6.03. The molecule has 5 aromatic rings. The second kappa shape index (κ2) is 19.6. The number of fused-ring (bicyclic) bond motifs is 1. The summed E-state index contributed by atoms with van der Waals surface area (Å²) in [5, 5.41) is 20.1. The van der Waals surface area contributed by atoms with Gasteiger partial charge >= 0.3 is 12.1 Å². The molecule has 2 aromatic heterocycles. The maximum absolute atomic E-state index is 14.4. The number of anilines is 2. The monoisotopic (exact) mass is 964 g/mol. The summed E-state index contributed by atoms with van der Waals surface area (Å²) in [7, 11) is 0. The van der Waals surface area contributed by atoms with Gasteiger partial charge in [-0.15, -0.1) is 11.8 Å². The number of nitrogens with two attached hydrogens (primary N) is 2. The number of carbonyl (C=O) groups excluding carboxylic acids is 3. The van der Waals surface area contributed by atoms with Crippen LogP contribution in [0.15, 0.2) is 111 Å². The van der Waals surface area contributed by atoms with Gasteiger partial charge in [0.2, 0.25) is 5.60 Å². The molecule has 0 spiro atoms. The van der Waals surface area contributed by atoms with Crippen LogP contribution >= 0.6 is 69.6 Å².